The number of benzene rings is 2. The number of aryl methyl sites for hydroxylation is 2. The van der Waals surface area contributed by atoms with Crippen molar-refractivity contribution in [3.63, 3.8) is 0 Å². The lowest BCUT2D eigenvalue weighted by atomic mass is 10.1. The van der Waals surface area contributed by atoms with Crippen molar-refractivity contribution in [1.82, 2.24) is 0 Å². The molecule has 3 rings (SSSR count). The number of amides is 1. The van der Waals surface area contributed by atoms with Crippen LogP contribution in [0.3, 0.4) is 0 Å². The molecule has 2 N–H and O–H groups in total. The molecule has 1 amide bonds. The molecule has 0 aliphatic heterocycles. The van der Waals surface area contributed by atoms with Crippen molar-refractivity contribution in [2.24, 2.45) is 5.16 Å². The van der Waals surface area contributed by atoms with Gasteiger partial charge in [0.1, 0.15) is 5.56 Å². The standard InChI is InChI=1S/C19H18N2O4/c1-11-7-12(2)9-14(8-11)20-18(22)15-10-13-5-4-6-16(24-3)17(13)25-19(15)21-23/h4-10,23H,1-3H3,(H,20,22)/b21-19+. The zero-order valence-corrected chi connectivity index (χ0v) is 14.2. The molecule has 128 valence electrons. The van der Waals surface area contributed by atoms with Gasteiger partial charge in [0.2, 0.25) is 0 Å². The number of nitrogens with one attached hydrogen (secondary N) is 1. The number of carbonyl (C=O) groups is 1. The predicted molar refractivity (Wildman–Crippen MR) is 94.0 cm³/mol. The molecule has 0 aliphatic carbocycles. The van der Waals surface area contributed by atoms with E-state index in [0.29, 0.717) is 22.4 Å². The first-order chi connectivity index (χ1) is 12.0. The SMILES string of the molecule is COc1cccc2cc(C(=O)Nc3cc(C)cc(C)c3)/c(=N\O)oc12. The summed E-state index contributed by atoms with van der Waals surface area (Å²) < 4.78 is 10.8. The first-order valence-electron chi connectivity index (χ1n) is 7.70. The lowest BCUT2D eigenvalue weighted by Gasteiger charge is -2.09. The van der Waals surface area contributed by atoms with E-state index in [1.807, 2.05) is 32.0 Å². The van der Waals surface area contributed by atoms with Crippen LogP contribution in [-0.2, 0) is 0 Å². The van der Waals surface area contributed by atoms with Crippen LogP contribution in [0.5, 0.6) is 5.75 Å². The fourth-order valence-corrected chi connectivity index (χ4v) is 2.77. The van der Waals surface area contributed by atoms with E-state index < -0.39 is 5.91 Å². The number of nitrogens with zero attached hydrogens (tertiary/aromatic N) is 1. The molecule has 25 heavy (non-hydrogen) atoms. The first kappa shape index (κ1) is 16.6. The number of rotatable bonds is 3. The number of methoxy groups -OCH3 is 1. The third-order valence-corrected chi connectivity index (χ3v) is 3.77. The molecule has 0 bridgehead atoms. The molecule has 0 saturated heterocycles. The van der Waals surface area contributed by atoms with Crippen molar-refractivity contribution < 1.29 is 19.2 Å². The Bertz CT molecular complexity index is 1000. The van der Waals surface area contributed by atoms with Gasteiger partial charge in [-0.3, -0.25) is 4.79 Å². The molecule has 2 aromatic carbocycles. The summed E-state index contributed by atoms with van der Waals surface area (Å²) in [5, 5.41) is 15.8. The Labute approximate surface area is 144 Å². The average molecular weight is 338 g/mol. The van der Waals surface area contributed by atoms with E-state index in [1.54, 1.807) is 24.3 Å². The van der Waals surface area contributed by atoms with Crippen molar-refractivity contribution >= 4 is 22.6 Å². The summed E-state index contributed by atoms with van der Waals surface area (Å²) in [7, 11) is 1.51. The van der Waals surface area contributed by atoms with Crippen molar-refractivity contribution in [3.8, 4) is 5.75 Å². The summed E-state index contributed by atoms with van der Waals surface area (Å²) in [6.07, 6.45) is 0. The van der Waals surface area contributed by atoms with E-state index in [1.165, 1.54) is 7.11 Å². The smallest absolute Gasteiger partial charge is 0.268 e. The Hall–Kier alpha value is -3.28. The van der Waals surface area contributed by atoms with Gasteiger partial charge in [0.05, 0.1) is 7.11 Å². The highest BCUT2D eigenvalue weighted by Crippen LogP contribution is 2.24. The number of hydrogen-bond acceptors (Lipinski definition) is 5. The van der Waals surface area contributed by atoms with Gasteiger partial charge in [0.25, 0.3) is 11.5 Å². The molecular formula is C19H18N2O4. The Balaban J connectivity index is 2.06. The number of anilines is 1. The second kappa shape index (κ2) is 6.68. The molecule has 1 heterocycles. The summed E-state index contributed by atoms with van der Waals surface area (Å²) in [5.41, 5.74) is 3.09. The maximum Gasteiger partial charge on any atom is 0.268 e. The van der Waals surface area contributed by atoms with Gasteiger partial charge < -0.3 is 19.7 Å². The van der Waals surface area contributed by atoms with E-state index in [-0.39, 0.29) is 11.1 Å². The third-order valence-electron chi connectivity index (χ3n) is 3.77. The third kappa shape index (κ3) is 3.33. The second-order valence-corrected chi connectivity index (χ2v) is 5.77. The lowest BCUT2D eigenvalue weighted by Crippen LogP contribution is -2.21. The molecule has 0 aliphatic rings. The molecule has 0 spiro atoms. The van der Waals surface area contributed by atoms with E-state index in [2.05, 4.69) is 10.5 Å². The van der Waals surface area contributed by atoms with Crippen molar-refractivity contribution in [1.29, 1.82) is 0 Å². The highest BCUT2D eigenvalue weighted by atomic mass is 16.5. The van der Waals surface area contributed by atoms with Crippen LogP contribution in [0, 0.1) is 13.8 Å². The highest BCUT2D eigenvalue weighted by Gasteiger charge is 2.15. The molecular weight excluding hydrogens is 320 g/mol. The first-order valence-corrected chi connectivity index (χ1v) is 7.70. The van der Waals surface area contributed by atoms with Gasteiger partial charge in [-0.1, -0.05) is 18.2 Å². The van der Waals surface area contributed by atoms with Gasteiger partial charge in [0.15, 0.2) is 11.3 Å². The van der Waals surface area contributed by atoms with Gasteiger partial charge in [-0.2, -0.15) is 0 Å². The van der Waals surface area contributed by atoms with Crippen LogP contribution in [0.15, 0.2) is 52.0 Å². The highest BCUT2D eigenvalue weighted by molar-refractivity contribution is 6.05. The number of carbonyl (C=O) groups excluding carboxylic acids is 1. The monoisotopic (exact) mass is 338 g/mol. The van der Waals surface area contributed by atoms with Crippen molar-refractivity contribution in [3.05, 3.63) is 64.7 Å². The van der Waals surface area contributed by atoms with Gasteiger partial charge in [0, 0.05) is 11.1 Å². The van der Waals surface area contributed by atoms with Crippen LogP contribution in [0.1, 0.15) is 21.5 Å². The van der Waals surface area contributed by atoms with Gasteiger partial charge >= 0.3 is 0 Å². The number of para-hydroxylation sites is 1. The van der Waals surface area contributed by atoms with E-state index in [4.69, 9.17) is 9.15 Å². The minimum Gasteiger partial charge on any atom is -0.493 e. The predicted octanol–water partition coefficient (Wildman–Crippen LogP) is 3.60. The summed E-state index contributed by atoms with van der Waals surface area (Å²) >= 11 is 0. The normalized spacial score (nSPS) is 11.6. The number of ether oxygens (including phenoxy) is 1. The average Bonchev–Trinajstić information content (AvgIpc) is 2.58. The molecule has 0 unspecified atom stereocenters. The lowest BCUT2D eigenvalue weighted by molar-refractivity contribution is 0.102. The topological polar surface area (TPSA) is 84.1 Å². The molecule has 6 nitrogen and oxygen atoms in total. The van der Waals surface area contributed by atoms with Crippen LogP contribution in [-0.4, -0.2) is 18.2 Å². The molecule has 0 atom stereocenters. The quantitative estimate of drug-likeness (QED) is 0.564. The van der Waals surface area contributed by atoms with Crippen molar-refractivity contribution in [2.45, 2.75) is 13.8 Å². The Kier molecular flexibility index (Phi) is 4.43. The minimum absolute atomic E-state index is 0.127. The minimum atomic E-state index is -0.425. The van der Waals surface area contributed by atoms with E-state index in [0.717, 1.165) is 11.1 Å². The Morgan fingerprint density at radius 2 is 1.88 bits per heavy atom. The maximum absolute atomic E-state index is 12.6. The molecule has 3 aromatic rings. The zero-order valence-electron chi connectivity index (χ0n) is 14.2. The molecule has 0 fully saturated rings. The van der Waals surface area contributed by atoms with E-state index >= 15 is 0 Å². The number of fused-ring (bicyclic) bond motifs is 1. The van der Waals surface area contributed by atoms with E-state index in [9.17, 15) is 10.0 Å². The summed E-state index contributed by atoms with van der Waals surface area (Å²) in [6, 6.07) is 12.6. The van der Waals surface area contributed by atoms with Crippen molar-refractivity contribution in [2.75, 3.05) is 12.4 Å². The Morgan fingerprint density at radius 3 is 2.52 bits per heavy atom. The summed E-state index contributed by atoms with van der Waals surface area (Å²) in [4.78, 5) is 12.6. The van der Waals surface area contributed by atoms with Crippen LogP contribution < -0.4 is 15.6 Å². The van der Waals surface area contributed by atoms with Crippen LogP contribution in [0.25, 0.3) is 11.0 Å². The Morgan fingerprint density at radius 1 is 1.16 bits per heavy atom. The fraction of sp³-hybridized carbons (Fsp3) is 0.158. The summed E-state index contributed by atoms with van der Waals surface area (Å²) in [5.74, 6) is 0.0648. The van der Waals surface area contributed by atoms with Gasteiger partial charge in [-0.25, -0.2) is 0 Å². The van der Waals surface area contributed by atoms with Gasteiger partial charge in [-0.05, 0) is 54.4 Å². The molecule has 0 radical (unpaired) electrons. The molecule has 6 heteroatoms. The number of hydrogen-bond donors (Lipinski definition) is 2. The molecule has 0 saturated carbocycles. The largest absolute Gasteiger partial charge is 0.493 e. The van der Waals surface area contributed by atoms with Gasteiger partial charge in [-0.15, -0.1) is 0 Å². The van der Waals surface area contributed by atoms with Crippen LogP contribution >= 0.6 is 0 Å². The summed E-state index contributed by atoms with van der Waals surface area (Å²) in [6.45, 7) is 3.91. The maximum atomic E-state index is 12.6. The zero-order chi connectivity index (χ0) is 18.0. The van der Waals surface area contributed by atoms with Crippen LogP contribution in [0.4, 0.5) is 5.69 Å². The van der Waals surface area contributed by atoms with Crippen LogP contribution in [0.2, 0.25) is 0 Å². The fourth-order valence-electron chi connectivity index (χ4n) is 2.77. The second-order valence-electron chi connectivity index (χ2n) is 5.77. The molecule has 1 aromatic heterocycles.